The summed E-state index contributed by atoms with van der Waals surface area (Å²) in [4.78, 5) is 17.0. The highest BCUT2D eigenvalue weighted by molar-refractivity contribution is 5.83. The summed E-state index contributed by atoms with van der Waals surface area (Å²) in [5, 5.41) is 0.873. The number of halogens is 2. The predicted octanol–water partition coefficient (Wildman–Crippen LogP) is 6.63. The molecule has 2 aromatic rings. The van der Waals surface area contributed by atoms with Crippen molar-refractivity contribution in [1.29, 1.82) is 0 Å². The quantitative estimate of drug-likeness (QED) is 0.578. The minimum atomic E-state index is -1.38. The van der Waals surface area contributed by atoms with Crippen LogP contribution in [-0.4, -0.2) is 16.4 Å². The van der Waals surface area contributed by atoms with Crippen molar-refractivity contribution in [2.24, 2.45) is 23.2 Å². The summed E-state index contributed by atoms with van der Waals surface area (Å²) in [5.41, 5.74) is 0.445. The maximum atomic E-state index is 15.8. The van der Waals surface area contributed by atoms with Gasteiger partial charge in [-0.25, -0.2) is 8.78 Å². The molecule has 156 valence electrons. The first-order valence-electron chi connectivity index (χ1n) is 10.8. The molecule has 2 aliphatic carbocycles. The number of carbonyl (C=O) groups is 1. The number of alkyl halides is 1. The van der Waals surface area contributed by atoms with E-state index in [4.69, 9.17) is 0 Å². The van der Waals surface area contributed by atoms with Crippen molar-refractivity contribution >= 4 is 16.7 Å². The van der Waals surface area contributed by atoms with Crippen LogP contribution in [0.4, 0.5) is 8.78 Å². The molecule has 0 spiro atoms. The number of benzene rings is 1. The fraction of sp³-hybridized carbons (Fsp3) is 0.600. The van der Waals surface area contributed by atoms with E-state index in [0.717, 1.165) is 29.3 Å². The van der Waals surface area contributed by atoms with Crippen molar-refractivity contribution in [3.05, 3.63) is 41.8 Å². The van der Waals surface area contributed by atoms with Crippen LogP contribution in [0.2, 0.25) is 0 Å². The smallest absolute Gasteiger partial charge is 0.139 e. The molecular weight excluding hydrogens is 368 g/mol. The third-order valence-corrected chi connectivity index (χ3v) is 7.18. The second kappa shape index (κ2) is 7.14. The van der Waals surface area contributed by atoms with Crippen LogP contribution in [0, 0.1) is 29.0 Å². The number of fused-ring (bicyclic) bond motifs is 2. The maximum Gasteiger partial charge on any atom is 0.139 e. The van der Waals surface area contributed by atoms with Gasteiger partial charge in [0.15, 0.2) is 0 Å². The monoisotopic (exact) mass is 399 g/mol. The van der Waals surface area contributed by atoms with Crippen molar-refractivity contribution < 1.29 is 13.6 Å². The predicted molar refractivity (Wildman–Crippen MR) is 112 cm³/mol. The minimum Gasteiger partial charge on any atom is -0.299 e. The van der Waals surface area contributed by atoms with E-state index in [1.165, 1.54) is 6.07 Å². The molecule has 0 amide bonds. The van der Waals surface area contributed by atoms with Gasteiger partial charge in [0.25, 0.3) is 0 Å². The Kier molecular flexibility index (Phi) is 5.03. The van der Waals surface area contributed by atoms with Gasteiger partial charge in [0, 0.05) is 23.9 Å². The van der Waals surface area contributed by atoms with E-state index in [1.807, 2.05) is 26.8 Å². The molecule has 1 aromatic carbocycles. The summed E-state index contributed by atoms with van der Waals surface area (Å²) >= 11 is 0. The van der Waals surface area contributed by atoms with E-state index < -0.39 is 11.6 Å². The van der Waals surface area contributed by atoms with Gasteiger partial charge in [-0.15, -0.1) is 0 Å². The molecular formula is C25H31F2NO. The average Bonchev–Trinajstić information content (AvgIpc) is 3.14. The zero-order chi connectivity index (χ0) is 21.0. The van der Waals surface area contributed by atoms with Crippen molar-refractivity contribution in [3.8, 4) is 0 Å². The highest BCUT2D eigenvalue weighted by Crippen LogP contribution is 2.57. The number of carbonyl (C=O) groups excluding carboxylic acids is 1. The normalized spacial score (nSPS) is 30.5. The first kappa shape index (κ1) is 20.4. The van der Waals surface area contributed by atoms with Gasteiger partial charge in [0.1, 0.15) is 17.3 Å². The van der Waals surface area contributed by atoms with Gasteiger partial charge in [-0.05, 0) is 78.7 Å². The van der Waals surface area contributed by atoms with Crippen LogP contribution >= 0.6 is 0 Å². The number of pyridine rings is 1. The van der Waals surface area contributed by atoms with Crippen LogP contribution in [0.5, 0.6) is 0 Å². The molecule has 1 heterocycles. The lowest BCUT2D eigenvalue weighted by Crippen LogP contribution is -2.36. The van der Waals surface area contributed by atoms with E-state index in [9.17, 15) is 9.18 Å². The lowest BCUT2D eigenvalue weighted by molar-refractivity contribution is -0.129. The summed E-state index contributed by atoms with van der Waals surface area (Å²) in [6, 6.07) is 6.72. The first-order chi connectivity index (χ1) is 13.6. The van der Waals surface area contributed by atoms with Gasteiger partial charge in [-0.3, -0.25) is 9.78 Å². The fourth-order valence-corrected chi connectivity index (χ4v) is 5.73. The Morgan fingerprint density at radius 1 is 1.21 bits per heavy atom. The number of ketones is 1. The molecule has 3 unspecified atom stereocenters. The molecule has 29 heavy (non-hydrogen) atoms. The molecule has 2 aliphatic rings. The molecule has 4 rings (SSSR count). The highest BCUT2D eigenvalue weighted by Gasteiger charge is 2.54. The second-order valence-corrected chi connectivity index (χ2v) is 10.6. The second-order valence-electron chi connectivity index (χ2n) is 10.6. The van der Waals surface area contributed by atoms with Crippen LogP contribution < -0.4 is 0 Å². The van der Waals surface area contributed by atoms with Crippen molar-refractivity contribution in [3.63, 3.8) is 0 Å². The minimum absolute atomic E-state index is 0.0483. The van der Waals surface area contributed by atoms with Crippen LogP contribution in [0.1, 0.15) is 71.3 Å². The van der Waals surface area contributed by atoms with E-state index in [0.29, 0.717) is 37.0 Å². The van der Waals surface area contributed by atoms with E-state index in [2.05, 4.69) is 4.98 Å². The summed E-state index contributed by atoms with van der Waals surface area (Å²) in [6.45, 7) is 7.86. The van der Waals surface area contributed by atoms with Gasteiger partial charge in [-0.1, -0.05) is 27.7 Å². The van der Waals surface area contributed by atoms with Gasteiger partial charge in [0.2, 0.25) is 0 Å². The van der Waals surface area contributed by atoms with Crippen LogP contribution in [0.3, 0.4) is 0 Å². The summed E-state index contributed by atoms with van der Waals surface area (Å²) < 4.78 is 29.6. The van der Waals surface area contributed by atoms with Crippen LogP contribution in [0.25, 0.3) is 10.9 Å². The van der Waals surface area contributed by atoms with E-state index >= 15 is 4.39 Å². The molecule has 0 aliphatic heterocycles. The molecule has 0 saturated heterocycles. The van der Waals surface area contributed by atoms with Gasteiger partial charge < -0.3 is 0 Å². The molecule has 0 bridgehead atoms. The summed E-state index contributed by atoms with van der Waals surface area (Å²) in [6.07, 6.45) is 4.98. The van der Waals surface area contributed by atoms with Crippen LogP contribution in [0.15, 0.2) is 30.5 Å². The zero-order valence-corrected chi connectivity index (χ0v) is 17.8. The topological polar surface area (TPSA) is 30.0 Å². The SMILES string of the molecule is CC(C(=O)CC(C)(C)C)C1(F)C[C@H]2CC(c3ccnc4ccc(F)cc34)C[C@H]2C1. The standard InChI is InChI=1S/C25H31F2NO/c1-15(23(29)14-24(2,3)4)25(27)12-17-9-16(10-18(17)13-25)20-7-8-28-22-6-5-19(26)11-21(20)22/h5-8,11,15-18H,9-10,12-14H2,1-4H3/t15?,16?,17-,18+,25?. The number of Topliss-reactive ketones (excluding diaryl/α,β-unsaturated/α-hetero) is 1. The number of hydrogen-bond acceptors (Lipinski definition) is 2. The Balaban J connectivity index is 1.49. The molecule has 0 radical (unpaired) electrons. The summed E-state index contributed by atoms with van der Waals surface area (Å²) in [5.74, 6) is 0.161. The Hall–Kier alpha value is -1.84. The number of aromatic nitrogens is 1. The Bertz CT molecular complexity index is 918. The van der Waals surface area contributed by atoms with Crippen molar-refractivity contribution in [2.45, 2.75) is 71.4 Å². The molecule has 2 nitrogen and oxygen atoms in total. The zero-order valence-electron chi connectivity index (χ0n) is 17.8. The number of nitrogens with zero attached hydrogens (tertiary/aromatic N) is 1. The Morgan fingerprint density at radius 3 is 2.48 bits per heavy atom. The molecule has 2 fully saturated rings. The van der Waals surface area contributed by atoms with Gasteiger partial charge >= 0.3 is 0 Å². The van der Waals surface area contributed by atoms with E-state index in [1.54, 1.807) is 25.3 Å². The third-order valence-electron chi connectivity index (χ3n) is 7.18. The van der Waals surface area contributed by atoms with Gasteiger partial charge in [-0.2, -0.15) is 0 Å². The third kappa shape index (κ3) is 3.95. The Labute approximate surface area is 172 Å². The van der Waals surface area contributed by atoms with Crippen molar-refractivity contribution in [2.75, 3.05) is 0 Å². The molecule has 5 atom stereocenters. The molecule has 1 aromatic heterocycles. The molecule has 2 saturated carbocycles. The lowest BCUT2D eigenvalue weighted by atomic mass is 9.78. The highest BCUT2D eigenvalue weighted by atomic mass is 19.1. The largest absolute Gasteiger partial charge is 0.299 e. The summed E-state index contributed by atoms with van der Waals surface area (Å²) in [7, 11) is 0. The van der Waals surface area contributed by atoms with Crippen molar-refractivity contribution in [1.82, 2.24) is 4.98 Å². The molecule has 0 N–H and O–H groups in total. The van der Waals surface area contributed by atoms with Gasteiger partial charge in [0.05, 0.1) is 5.52 Å². The average molecular weight is 400 g/mol. The number of rotatable bonds is 4. The maximum absolute atomic E-state index is 15.8. The fourth-order valence-electron chi connectivity index (χ4n) is 5.73. The Morgan fingerprint density at radius 2 is 1.86 bits per heavy atom. The molecule has 4 heteroatoms. The van der Waals surface area contributed by atoms with E-state index in [-0.39, 0.29) is 17.0 Å². The lowest BCUT2D eigenvalue weighted by Gasteiger charge is -2.30. The van der Waals surface area contributed by atoms with Crippen LogP contribution in [-0.2, 0) is 4.79 Å². The first-order valence-corrected chi connectivity index (χ1v) is 10.8. The number of hydrogen-bond donors (Lipinski definition) is 0.